The molecular weight excluding hydrogens is 306 g/mol. The maximum atomic E-state index is 11.8. The van der Waals surface area contributed by atoms with Crippen LogP contribution in [0.2, 0.25) is 5.02 Å². The standard InChI is InChI=1S/C15H14ClN3O3/c1-19-5-4-13(18-19)17-14(20)3-2-10-8-11(16)15-12(9-10)21-6-7-22-15/h2-5,8-9H,6-7H2,1H3,(H,17,18,20). The summed E-state index contributed by atoms with van der Waals surface area (Å²) in [5, 5.41) is 7.19. The van der Waals surface area contributed by atoms with E-state index in [1.165, 1.54) is 6.08 Å². The van der Waals surface area contributed by atoms with Crippen molar-refractivity contribution in [3.8, 4) is 11.5 Å². The van der Waals surface area contributed by atoms with Gasteiger partial charge in [-0.3, -0.25) is 9.48 Å². The molecule has 1 aromatic heterocycles. The minimum absolute atomic E-state index is 0.273. The first kappa shape index (κ1) is 14.5. The number of fused-ring (bicyclic) bond motifs is 1. The van der Waals surface area contributed by atoms with Crippen LogP contribution in [0.25, 0.3) is 6.08 Å². The summed E-state index contributed by atoms with van der Waals surface area (Å²) in [5.41, 5.74) is 0.755. The Labute approximate surface area is 132 Å². The van der Waals surface area contributed by atoms with Gasteiger partial charge >= 0.3 is 0 Å². The van der Waals surface area contributed by atoms with Crippen LogP contribution in [0, 0.1) is 0 Å². The Balaban J connectivity index is 1.72. The van der Waals surface area contributed by atoms with Crippen molar-refractivity contribution in [1.82, 2.24) is 9.78 Å². The smallest absolute Gasteiger partial charge is 0.249 e. The zero-order valence-corrected chi connectivity index (χ0v) is 12.6. The van der Waals surface area contributed by atoms with Crippen LogP contribution >= 0.6 is 11.6 Å². The zero-order valence-electron chi connectivity index (χ0n) is 11.9. The first-order chi connectivity index (χ1) is 10.6. The lowest BCUT2D eigenvalue weighted by Gasteiger charge is -2.19. The van der Waals surface area contributed by atoms with Crippen LogP contribution in [-0.4, -0.2) is 28.9 Å². The lowest BCUT2D eigenvalue weighted by Crippen LogP contribution is -2.15. The molecule has 0 saturated heterocycles. The molecule has 3 rings (SSSR count). The molecule has 2 aromatic rings. The van der Waals surface area contributed by atoms with Crippen molar-refractivity contribution in [2.75, 3.05) is 18.5 Å². The molecule has 1 amide bonds. The number of carbonyl (C=O) groups is 1. The molecule has 1 aliphatic rings. The molecule has 6 nitrogen and oxygen atoms in total. The van der Waals surface area contributed by atoms with E-state index in [2.05, 4.69) is 10.4 Å². The van der Waals surface area contributed by atoms with E-state index >= 15 is 0 Å². The highest BCUT2D eigenvalue weighted by Gasteiger charge is 2.15. The lowest BCUT2D eigenvalue weighted by molar-refractivity contribution is -0.111. The number of hydrogen-bond donors (Lipinski definition) is 1. The summed E-state index contributed by atoms with van der Waals surface area (Å²) < 4.78 is 12.5. The van der Waals surface area contributed by atoms with Gasteiger partial charge in [0.2, 0.25) is 5.91 Å². The fourth-order valence-electron chi connectivity index (χ4n) is 2.05. The average Bonchev–Trinajstić information content (AvgIpc) is 2.90. The normalized spacial score (nSPS) is 13.4. The molecule has 2 heterocycles. The average molecular weight is 320 g/mol. The third-order valence-corrected chi connectivity index (χ3v) is 3.29. The summed E-state index contributed by atoms with van der Waals surface area (Å²) >= 11 is 6.14. The maximum Gasteiger partial charge on any atom is 0.249 e. The van der Waals surface area contributed by atoms with Crippen molar-refractivity contribution in [3.05, 3.63) is 41.1 Å². The van der Waals surface area contributed by atoms with E-state index in [0.717, 1.165) is 5.56 Å². The molecule has 7 heteroatoms. The fraction of sp³-hybridized carbons (Fsp3) is 0.200. The number of anilines is 1. The van der Waals surface area contributed by atoms with E-state index in [0.29, 0.717) is 35.6 Å². The second-order valence-corrected chi connectivity index (χ2v) is 5.13. The molecular formula is C15H14ClN3O3. The van der Waals surface area contributed by atoms with Crippen LogP contribution in [0.1, 0.15) is 5.56 Å². The molecule has 1 aromatic carbocycles. The number of amides is 1. The topological polar surface area (TPSA) is 65.4 Å². The first-order valence-electron chi connectivity index (χ1n) is 6.70. The number of benzene rings is 1. The quantitative estimate of drug-likeness (QED) is 0.883. The van der Waals surface area contributed by atoms with Gasteiger partial charge in [-0.1, -0.05) is 11.6 Å². The van der Waals surface area contributed by atoms with Gasteiger partial charge in [-0.05, 0) is 23.8 Å². The van der Waals surface area contributed by atoms with Gasteiger partial charge < -0.3 is 14.8 Å². The second kappa shape index (κ2) is 6.11. The Hall–Kier alpha value is -2.47. The summed E-state index contributed by atoms with van der Waals surface area (Å²) in [6.07, 6.45) is 4.82. The molecule has 1 aliphatic heterocycles. The number of hydrogen-bond acceptors (Lipinski definition) is 4. The van der Waals surface area contributed by atoms with Crippen LogP contribution in [0.5, 0.6) is 11.5 Å². The monoisotopic (exact) mass is 319 g/mol. The van der Waals surface area contributed by atoms with E-state index < -0.39 is 0 Å². The van der Waals surface area contributed by atoms with Crippen molar-refractivity contribution >= 4 is 29.4 Å². The van der Waals surface area contributed by atoms with Gasteiger partial charge in [-0.2, -0.15) is 5.10 Å². The molecule has 0 saturated carbocycles. The highest BCUT2D eigenvalue weighted by molar-refractivity contribution is 6.32. The predicted molar refractivity (Wildman–Crippen MR) is 83.3 cm³/mol. The SMILES string of the molecule is Cn1ccc(NC(=O)C=Cc2cc(Cl)c3c(c2)OCCO3)n1. The van der Waals surface area contributed by atoms with Crippen LogP contribution in [-0.2, 0) is 11.8 Å². The molecule has 0 radical (unpaired) electrons. The summed E-state index contributed by atoms with van der Waals surface area (Å²) in [5.74, 6) is 1.36. The number of nitrogens with one attached hydrogen (secondary N) is 1. The molecule has 0 aliphatic carbocycles. The molecule has 1 N–H and O–H groups in total. The molecule has 0 fully saturated rings. The fourth-order valence-corrected chi connectivity index (χ4v) is 2.32. The van der Waals surface area contributed by atoms with Gasteiger partial charge in [0.25, 0.3) is 0 Å². The summed E-state index contributed by atoms with van der Waals surface area (Å²) in [6.45, 7) is 0.963. The predicted octanol–water partition coefficient (Wildman–Crippen LogP) is 2.50. The molecule has 22 heavy (non-hydrogen) atoms. The Morgan fingerprint density at radius 2 is 2.23 bits per heavy atom. The van der Waals surface area contributed by atoms with E-state index in [1.54, 1.807) is 42.2 Å². The Kier molecular flexibility index (Phi) is 4.02. The summed E-state index contributed by atoms with van der Waals surface area (Å²) in [4.78, 5) is 11.8. The van der Waals surface area contributed by atoms with Crippen molar-refractivity contribution in [1.29, 1.82) is 0 Å². The largest absolute Gasteiger partial charge is 0.486 e. The van der Waals surface area contributed by atoms with Crippen LogP contribution in [0.15, 0.2) is 30.5 Å². The molecule has 0 atom stereocenters. The minimum atomic E-state index is -0.273. The van der Waals surface area contributed by atoms with Crippen molar-refractivity contribution in [2.24, 2.45) is 7.05 Å². The van der Waals surface area contributed by atoms with E-state index in [9.17, 15) is 4.79 Å². The zero-order chi connectivity index (χ0) is 15.5. The number of aryl methyl sites for hydroxylation is 1. The van der Waals surface area contributed by atoms with E-state index in [4.69, 9.17) is 21.1 Å². The maximum absolute atomic E-state index is 11.8. The Morgan fingerprint density at radius 1 is 1.41 bits per heavy atom. The van der Waals surface area contributed by atoms with Crippen LogP contribution in [0.3, 0.4) is 0 Å². The number of halogens is 1. The molecule has 0 unspecified atom stereocenters. The molecule has 114 valence electrons. The molecule has 0 bridgehead atoms. The first-order valence-corrected chi connectivity index (χ1v) is 7.07. The van der Waals surface area contributed by atoms with E-state index in [1.807, 2.05) is 0 Å². The number of ether oxygens (including phenoxy) is 2. The third-order valence-electron chi connectivity index (χ3n) is 3.01. The van der Waals surface area contributed by atoms with Gasteiger partial charge in [0.05, 0.1) is 5.02 Å². The van der Waals surface area contributed by atoms with Crippen molar-refractivity contribution in [3.63, 3.8) is 0 Å². The number of nitrogens with zero attached hydrogens (tertiary/aromatic N) is 2. The van der Waals surface area contributed by atoms with Gasteiger partial charge in [0, 0.05) is 25.4 Å². The van der Waals surface area contributed by atoms with Gasteiger partial charge in [-0.25, -0.2) is 0 Å². The summed E-state index contributed by atoms with van der Waals surface area (Å²) in [6, 6.07) is 5.22. The van der Waals surface area contributed by atoms with Crippen LogP contribution < -0.4 is 14.8 Å². The lowest BCUT2D eigenvalue weighted by atomic mass is 10.1. The van der Waals surface area contributed by atoms with Crippen LogP contribution in [0.4, 0.5) is 5.82 Å². The number of carbonyl (C=O) groups excluding carboxylic acids is 1. The number of rotatable bonds is 3. The third kappa shape index (κ3) is 3.23. The summed E-state index contributed by atoms with van der Waals surface area (Å²) in [7, 11) is 1.78. The van der Waals surface area contributed by atoms with Gasteiger partial charge in [-0.15, -0.1) is 0 Å². The van der Waals surface area contributed by atoms with Gasteiger partial charge in [0.1, 0.15) is 13.2 Å². The Bertz CT molecular complexity index is 740. The highest BCUT2D eigenvalue weighted by Crippen LogP contribution is 2.38. The Morgan fingerprint density at radius 3 is 3.00 bits per heavy atom. The van der Waals surface area contributed by atoms with Crippen molar-refractivity contribution in [2.45, 2.75) is 0 Å². The second-order valence-electron chi connectivity index (χ2n) is 4.72. The molecule has 0 spiro atoms. The van der Waals surface area contributed by atoms with E-state index in [-0.39, 0.29) is 5.91 Å². The van der Waals surface area contributed by atoms with Gasteiger partial charge in [0.15, 0.2) is 17.3 Å². The minimum Gasteiger partial charge on any atom is -0.486 e. The highest BCUT2D eigenvalue weighted by atomic mass is 35.5. The van der Waals surface area contributed by atoms with Crippen molar-refractivity contribution < 1.29 is 14.3 Å². The number of aromatic nitrogens is 2.